The zero-order valence-electron chi connectivity index (χ0n) is 20.2. The molecule has 0 fully saturated rings. The Morgan fingerprint density at radius 2 is 1.85 bits per heavy atom. The Labute approximate surface area is 208 Å². The molecule has 0 bridgehead atoms. The van der Waals surface area contributed by atoms with Gasteiger partial charge in [-0.1, -0.05) is 74.7 Å². The first kappa shape index (κ1) is 25.6. The predicted octanol–water partition coefficient (Wildman–Crippen LogP) is 6.99. The minimum absolute atomic E-state index is 0.443. The van der Waals surface area contributed by atoms with Gasteiger partial charge in [0.25, 0.3) is 0 Å². The van der Waals surface area contributed by atoms with Crippen LogP contribution in [0.25, 0.3) is 6.08 Å². The number of hydrogen-bond acceptors (Lipinski definition) is 5. The van der Waals surface area contributed by atoms with Crippen molar-refractivity contribution in [1.29, 1.82) is 0 Å². The van der Waals surface area contributed by atoms with Crippen molar-refractivity contribution in [3.05, 3.63) is 83.3 Å². The van der Waals surface area contributed by atoms with E-state index in [4.69, 9.17) is 21.1 Å². The third kappa shape index (κ3) is 7.77. The lowest BCUT2D eigenvalue weighted by atomic mass is 10.1. The highest BCUT2D eigenvalue weighted by Gasteiger charge is 2.14. The van der Waals surface area contributed by atoms with Gasteiger partial charge in [0.2, 0.25) is 0 Å². The zero-order valence-corrected chi connectivity index (χ0v) is 20.9. The zero-order chi connectivity index (χ0) is 24.2. The quantitative estimate of drug-likeness (QED) is 0.184. The van der Waals surface area contributed by atoms with Crippen molar-refractivity contribution in [3.63, 3.8) is 0 Å². The second-order valence-corrected chi connectivity index (χ2v) is 8.59. The van der Waals surface area contributed by atoms with Crippen molar-refractivity contribution < 1.29 is 9.47 Å². The van der Waals surface area contributed by atoms with Crippen LogP contribution >= 0.6 is 11.6 Å². The van der Waals surface area contributed by atoms with Crippen molar-refractivity contribution in [2.24, 2.45) is 0 Å². The smallest absolute Gasteiger partial charge is 0.134 e. The molecule has 0 saturated carbocycles. The monoisotopic (exact) mass is 479 g/mol. The fourth-order valence-electron chi connectivity index (χ4n) is 3.76. The lowest BCUT2D eigenvalue weighted by Crippen LogP contribution is -2.25. The third-order valence-corrected chi connectivity index (χ3v) is 5.93. The maximum atomic E-state index is 6.14. The summed E-state index contributed by atoms with van der Waals surface area (Å²) in [5.74, 6) is 2.41. The van der Waals surface area contributed by atoms with Gasteiger partial charge in [-0.2, -0.15) is 0 Å². The summed E-state index contributed by atoms with van der Waals surface area (Å²) in [6, 6.07) is 16.2. The Hall–Kier alpha value is -3.05. The Balaban J connectivity index is 1.65. The van der Waals surface area contributed by atoms with Crippen LogP contribution in [0.2, 0.25) is 5.15 Å². The van der Waals surface area contributed by atoms with E-state index in [0.717, 1.165) is 47.8 Å². The molecule has 0 unspecified atom stereocenters. The predicted molar refractivity (Wildman–Crippen MR) is 141 cm³/mol. The number of rotatable bonds is 14. The fourth-order valence-corrected chi connectivity index (χ4v) is 3.90. The number of unbranched alkanes of at least 4 members (excludes halogenated alkanes) is 3. The minimum atomic E-state index is 0.443. The molecule has 1 aromatic heterocycles. The van der Waals surface area contributed by atoms with E-state index in [1.807, 2.05) is 24.3 Å². The molecular weight excluding hydrogens is 446 g/mol. The van der Waals surface area contributed by atoms with E-state index in [0.29, 0.717) is 18.3 Å². The maximum absolute atomic E-state index is 6.14. The molecule has 3 aromatic rings. The molecule has 0 amide bonds. The van der Waals surface area contributed by atoms with E-state index in [9.17, 15) is 0 Å². The molecule has 0 saturated heterocycles. The minimum Gasteiger partial charge on any atom is -0.496 e. The third-order valence-electron chi connectivity index (χ3n) is 5.72. The van der Waals surface area contributed by atoms with Crippen LogP contribution in [-0.4, -0.2) is 30.2 Å². The van der Waals surface area contributed by atoms with Gasteiger partial charge in [-0.25, -0.2) is 9.97 Å². The summed E-state index contributed by atoms with van der Waals surface area (Å²) in [5, 5.41) is 0.443. The molecule has 5 nitrogen and oxygen atoms in total. The molecule has 0 radical (unpaired) electrons. The number of benzene rings is 2. The number of hydrogen-bond donors (Lipinski definition) is 0. The number of anilines is 1. The molecule has 0 spiro atoms. The molecule has 0 aliphatic carbocycles. The highest BCUT2D eigenvalue weighted by molar-refractivity contribution is 6.29. The van der Waals surface area contributed by atoms with Gasteiger partial charge in [-0.3, -0.25) is 0 Å². The molecule has 0 aliphatic heterocycles. The summed E-state index contributed by atoms with van der Waals surface area (Å²) < 4.78 is 11.7. The lowest BCUT2D eigenvalue weighted by Gasteiger charge is -2.25. The van der Waals surface area contributed by atoms with Crippen molar-refractivity contribution in [1.82, 2.24) is 9.97 Å². The molecule has 6 heteroatoms. The van der Waals surface area contributed by atoms with Gasteiger partial charge in [-0.05, 0) is 29.7 Å². The SMILES string of the molecule is C=Cc1ccc(CCOc2ccc(CN(CCCCCC)c3cc(Cl)ncn3)c(OC)c2)cc1. The number of halogens is 1. The Morgan fingerprint density at radius 3 is 2.56 bits per heavy atom. The first-order valence-corrected chi connectivity index (χ1v) is 12.2. The van der Waals surface area contributed by atoms with Crippen LogP contribution in [0, 0.1) is 0 Å². The van der Waals surface area contributed by atoms with E-state index in [1.54, 1.807) is 7.11 Å². The summed E-state index contributed by atoms with van der Waals surface area (Å²) in [5.41, 5.74) is 3.42. The summed E-state index contributed by atoms with van der Waals surface area (Å²) >= 11 is 6.14. The Kier molecular flexibility index (Phi) is 10.2. The first-order chi connectivity index (χ1) is 16.6. The topological polar surface area (TPSA) is 47.5 Å². The van der Waals surface area contributed by atoms with Crippen molar-refractivity contribution >= 4 is 23.5 Å². The van der Waals surface area contributed by atoms with E-state index in [-0.39, 0.29) is 0 Å². The van der Waals surface area contributed by atoms with Crippen LogP contribution in [0.1, 0.15) is 49.3 Å². The van der Waals surface area contributed by atoms with Gasteiger partial charge in [0.05, 0.1) is 13.7 Å². The normalized spacial score (nSPS) is 10.7. The average Bonchev–Trinajstić information content (AvgIpc) is 2.87. The summed E-state index contributed by atoms with van der Waals surface area (Å²) in [4.78, 5) is 10.7. The highest BCUT2D eigenvalue weighted by Crippen LogP contribution is 2.28. The first-order valence-electron chi connectivity index (χ1n) is 11.9. The van der Waals surface area contributed by atoms with Gasteiger partial charge >= 0.3 is 0 Å². The molecule has 180 valence electrons. The van der Waals surface area contributed by atoms with Crippen molar-refractivity contribution in [2.75, 3.05) is 25.2 Å². The number of ether oxygens (including phenoxy) is 2. The standard InChI is InChI=1S/C28H34ClN3O2/c1-4-6-7-8-16-32(28-19-27(29)30-21-31-28)20-24-13-14-25(18-26(24)33-3)34-17-15-23-11-9-22(5-2)10-12-23/h5,9-14,18-19,21H,2,4,6-8,15-17,20H2,1,3H3. The van der Waals surface area contributed by atoms with Crippen LogP contribution in [0.5, 0.6) is 11.5 Å². The van der Waals surface area contributed by atoms with Crippen molar-refractivity contribution in [3.8, 4) is 11.5 Å². The van der Waals surface area contributed by atoms with Crippen LogP contribution in [0.4, 0.5) is 5.82 Å². The van der Waals surface area contributed by atoms with Crippen molar-refractivity contribution in [2.45, 2.75) is 45.6 Å². The van der Waals surface area contributed by atoms with Crippen LogP contribution in [0.15, 0.2) is 61.4 Å². The Bertz CT molecular complexity index is 1040. The summed E-state index contributed by atoms with van der Waals surface area (Å²) in [6.45, 7) is 8.16. The van der Waals surface area contributed by atoms with E-state index in [2.05, 4.69) is 58.7 Å². The maximum Gasteiger partial charge on any atom is 0.134 e. The van der Waals surface area contributed by atoms with E-state index < -0.39 is 0 Å². The summed E-state index contributed by atoms with van der Waals surface area (Å²) in [6.07, 6.45) is 8.90. The fraction of sp³-hybridized carbons (Fsp3) is 0.357. The summed E-state index contributed by atoms with van der Waals surface area (Å²) in [7, 11) is 1.69. The molecule has 34 heavy (non-hydrogen) atoms. The molecule has 2 aromatic carbocycles. The van der Waals surface area contributed by atoms with Crippen LogP contribution < -0.4 is 14.4 Å². The molecular formula is C28H34ClN3O2. The van der Waals surface area contributed by atoms with Gasteiger partial charge in [0.15, 0.2) is 0 Å². The average molecular weight is 480 g/mol. The number of aromatic nitrogens is 2. The van der Waals surface area contributed by atoms with E-state index >= 15 is 0 Å². The number of nitrogens with zero attached hydrogens (tertiary/aromatic N) is 3. The van der Waals surface area contributed by atoms with E-state index in [1.165, 1.54) is 31.2 Å². The second-order valence-electron chi connectivity index (χ2n) is 8.20. The molecule has 0 atom stereocenters. The molecule has 3 rings (SSSR count). The largest absolute Gasteiger partial charge is 0.496 e. The van der Waals surface area contributed by atoms with Gasteiger partial charge in [-0.15, -0.1) is 0 Å². The molecule has 1 heterocycles. The lowest BCUT2D eigenvalue weighted by molar-refractivity contribution is 0.318. The van der Waals surface area contributed by atoms with Gasteiger partial charge in [0, 0.05) is 37.2 Å². The molecule has 0 aliphatic rings. The van der Waals surface area contributed by atoms with Gasteiger partial charge < -0.3 is 14.4 Å². The van der Waals surface area contributed by atoms with Crippen LogP contribution in [-0.2, 0) is 13.0 Å². The molecule has 0 N–H and O–H groups in total. The second kappa shape index (κ2) is 13.6. The highest BCUT2D eigenvalue weighted by atomic mass is 35.5. The van der Waals surface area contributed by atoms with Crippen LogP contribution in [0.3, 0.4) is 0 Å². The number of methoxy groups -OCH3 is 1. The van der Waals surface area contributed by atoms with Gasteiger partial charge in [0.1, 0.15) is 28.8 Å². The Morgan fingerprint density at radius 1 is 1.03 bits per heavy atom.